The van der Waals surface area contributed by atoms with Crippen molar-refractivity contribution in [2.45, 2.75) is 39.3 Å². The van der Waals surface area contributed by atoms with Crippen LogP contribution < -0.4 is 4.74 Å². The van der Waals surface area contributed by atoms with Gasteiger partial charge >= 0.3 is 0 Å². The van der Waals surface area contributed by atoms with Gasteiger partial charge in [-0.15, -0.1) is 0 Å². The maximum absolute atomic E-state index is 5.94. The van der Waals surface area contributed by atoms with E-state index in [0.717, 1.165) is 76.4 Å². The maximum atomic E-state index is 5.94. The Morgan fingerprint density at radius 2 is 1.70 bits per heavy atom. The average Bonchev–Trinajstić information content (AvgIpc) is 3.12. The number of para-hydroxylation sites is 2. The molecule has 0 N–H and O–H groups in total. The molecule has 2 aromatic carbocycles. The molecule has 3 aromatic rings. The second-order valence-corrected chi connectivity index (χ2v) is 8.30. The van der Waals surface area contributed by atoms with Gasteiger partial charge < -0.3 is 14.2 Å². The number of benzene rings is 2. The highest BCUT2D eigenvalue weighted by Crippen LogP contribution is 2.19. The van der Waals surface area contributed by atoms with E-state index < -0.39 is 0 Å². The molecule has 1 aliphatic rings. The molecule has 0 spiro atoms. The second kappa shape index (κ2) is 10.1. The van der Waals surface area contributed by atoms with E-state index in [9.17, 15) is 0 Å². The third kappa shape index (κ3) is 5.21. The van der Waals surface area contributed by atoms with Gasteiger partial charge in [0.2, 0.25) is 0 Å². The van der Waals surface area contributed by atoms with Crippen molar-refractivity contribution in [1.29, 1.82) is 0 Å². The zero-order chi connectivity index (χ0) is 20.8. The highest BCUT2D eigenvalue weighted by Gasteiger charge is 2.18. The molecular formula is C25H34N4O. The molecule has 0 radical (unpaired) electrons. The largest absolute Gasteiger partial charge is 0.494 e. The summed E-state index contributed by atoms with van der Waals surface area (Å²) in [6.07, 6.45) is 3.19. The second-order valence-electron chi connectivity index (χ2n) is 8.30. The van der Waals surface area contributed by atoms with Crippen molar-refractivity contribution in [3.8, 4) is 5.75 Å². The number of ether oxygens (including phenoxy) is 1. The molecule has 0 aliphatic carbocycles. The van der Waals surface area contributed by atoms with Gasteiger partial charge in [-0.05, 0) is 56.1 Å². The third-order valence-electron chi connectivity index (χ3n) is 6.07. The van der Waals surface area contributed by atoms with Crippen LogP contribution in [0.3, 0.4) is 0 Å². The summed E-state index contributed by atoms with van der Waals surface area (Å²) in [5, 5.41) is 0. The van der Waals surface area contributed by atoms with Gasteiger partial charge in [0.25, 0.3) is 0 Å². The minimum Gasteiger partial charge on any atom is -0.494 e. The zero-order valence-corrected chi connectivity index (χ0v) is 18.4. The summed E-state index contributed by atoms with van der Waals surface area (Å²) in [7, 11) is 2.20. The summed E-state index contributed by atoms with van der Waals surface area (Å²) in [5.41, 5.74) is 3.70. The number of hydrogen-bond donors (Lipinski definition) is 0. The summed E-state index contributed by atoms with van der Waals surface area (Å²) in [6.45, 7) is 9.35. The Labute approximate surface area is 180 Å². The van der Waals surface area contributed by atoms with Crippen molar-refractivity contribution in [3.05, 3.63) is 59.9 Å². The Bertz CT molecular complexity index is 926. The molecule has 4 rings (SSSR count). The molecule has 0 amide bonds. The number of aryl methyl sites for hydroxylation is 2. The lowest BCUT2D eigenvalue weighted by Crippen LogP contribution is -2.44. The van der Waals surface area contributed by atoms with Crippen LogP contribution in [-0.2, 0) is 19.5 Å². The van der Waals surface area contributed by atoms with Crippen LogP contribution in [0.25, 0.3) is 11.0 Å². The fourth-order valence-electron chi connectivity index (χ4n) is 4.08. The fourth-order valence-corrected chi connectivity index (χ4v) is 4.08. The first kappa shape index (κ1) is 20.9. The molecule has 1 fully saturated rings. The monoisotopic (exact) mass is 406 g/mol. The van der Waals surface area contributed by atoms with E-state index in [1.54, 1.807) is 0 Å². The Morgan fingerprint density at radius 3 is 2.47 bits per heavy atom. The van der Waals surface area contributed by atoms with Crippen LogP contribution in [0, 0.1) is 0 Å². The first-order valence-electron chi connectivity index (χ1n) is 11.3. The minimum atomic E-state index is 0.756. The van der Waals surface area contributed by atoms with Gasteiger partial charge in [-0.1, -0.05) is 31.2 Å². The predicted octanol–water partition coefficient (Wildman–Crippen LogP) is 4.21. The molecule has 30 heavy (non-hydrogen) atoms. The number of likely N-dealkylation sites (N-methyl/N-ethyl adjacent to an activating group) is 1. The Kier molecular flexibility index (Phi) is 7.03. The van der Waals surface area contributed by atoms with Crippen LogP contribution >= 0.6 is 0 Å². The maximum Gasteiger partial charge on any atom is 0.124 e. The number of unbranched alkanes of at least 4 members (excludes halogenated alkanes) is 1. The zero-order valence-electron chi connectivity index (χ0n) is 18.4. The molecule has 5 nitrogen and oxygen atoms in total. The topological polar surface area (TPSA) is 33.5 Å². The number of nitrogens with zero attached hydrogens (tertiary/aromatic N) is 4. The van der Waals surface area contributed by atoms with E-state index in [1.807, 2.05) is 0 Å². The molecule has 160 valence electrons. The van der Waals surface area contributed by atoms with Gasteiger partial charge in [-0.3, -0.25) is 4.90 Å². The summed E-state index contributed by atoms with van der Waals surface area (Å²) >= 11 is 0. The minimum absolute atomic E-state index is 0.756. The molecular weight excluding hydrogens is 372 g/mol. The van der Waals surface area contributed by atoms with Crippen LogP contribution in [0.4, 0.5) is 0 Å². The highest BCUT2D eigenvalue weighted by atomic mass is 16.5. The third-order valence-corrected chi connectivity index (χ3v) is 6.07. The summed E-state index contributed by atoms with van der Waals surface area (Å²) in [5.74, 6) is 2.16. The predicted molar refractivity (Wildman–Crippen MR) is 123 cm³/mol. The summed E-state index contributed by atoms with van der Waals surface area (Å²) in [6, 6.07) is 17.0. The molecule has 0 unspecified atom stereocenters. The number of imidazole rings is 1. The standard InChI is InChI=1S/C25H34N4O/c1-3-21-10-12-22(13-11-21)30-19-7-6-14-29-24-9-5-4-8-23(24)26-25(29)20-28-17-15-27(2)16-18-28/h4-5,8-13H,3,6-7,14-20H2,1-2H3. The van der Waals surface area contributed by atoms with Gasteiger partial charge in [-0.2, -0.15) is 0 Å². The molecule has 0 bridgehead atoms. The van der Waals surface area contributed by atoms with Gasteiger partial charge in [0.1, 0.15) is 11.6 Å². The van der Waals surface area contributed by atoms with Crippen LogP contribution in [0.2, 0.25) is 0 Å². The lowest BCUT2D eigenvalue weighted by molar-refractivity contribution is 0.144. The number of rotatable bonds is 9. The van der Waals surface area contributed by atoms with Crippen molar-refractivity contribution in [3.63, 3.8) is 0 Å². The van der Waals surface area contributed by atoms with Crippen LogP contribution in [0.5, 0.6) is 5.75 Å². The van der Waals surface area contributed by atoms with Crippen LogP contribution in [0.1, 0.15) is 31.2 Å². The van der Waals surface area contributed by atoms with E-state index in [0.29, 0.717) is 0 Å². The van der Waals surface area contributed by atoms with Gasteiger partial charge in [0.05, 0.1) is 24.2 Å². The number of piperazine rings is 1. The Morgan fingerprint density at radius 1 is 0.933 bits per heavy atom. The molecule has 1 saturated heterocycles. The molecule has 1 aromatic heterocycles. The first-order chi connectivity index (χ1) is 14.7. The number of fused-ring (bicyclic) bond motifs is 1. The SMILES string of the molecule is CCc1ccc(OCCCCn2c(CN3CCN(C)CC3)nc3ccccc32)cc1. The van der Waals surface area contributed by atoms with Crippen molar-refractivity contribution in [2.75, 3.05) is 39.8 Å². The number of aromatic nitrogens is 2. The summed E-state index contributed by atoms with van der Waals surface area (Å²) in [4.78, 5) is 9.89. The van der Waals surface area contributed by atoms with Crippen molar-refractivity contribution in [2.24, 2.45) is 0 Å². The highest BCUT2D eigenvalue weighted by molar-refractivity contribution is 5.75. The fraction of sp³-hybridized carbons (Fsp3) is 0.480. The van der Waals surface area contributed by atoms with E-state index in [1.165, 1.54) is 16.9 Å². The van der Waals surface area contributed by atoms with Crippen LogP contribution in [-0.4, -0.2) is 59.2 Å². The number of hydrogen-bond acceptors (Lipinski definition) is 4. The summed E-state index contributed by atoms with van der Waals surface area (Å²) < 4.78 is 8.36. The quantitative estimate of drug-likeness (QED) is 0.499. The Hall–Kier alpha value is -2.37. The molecule has 0 saturated carbocycles. The molecule has 2 heterocycles. The van der Waals surface area contributed by atoms with Gasteiger partial charge in [0, 0.05) is 32.7 Å². The van der Waals surface area contributed by atoms with Crippen molar-refractivity contribution >= 4 is 11.0 Å². The van der Waals surface area contributed by atoms with Crippen molar-refractivity contribution < 1.29 is 4.74 Å². The van der Waals surface area contributed by atoms with Crippen LogP contribution in [0.15, 0.2) is 48.5 Å². The molecule has 5 heteroatoms. The van der Waals surface area contributed by atoms with E-state index >= 15 is 0 Å². The smallest absolute Gasteiger partial charge is 0.124 e. The van der Waals surface area contributed by atoms with Gasteiger partial charge in [-0.25, -0.2) is 4.98 Å². The average molecular weight is 407 g/mol. The van der Waals surface area contributed by atoms with E-state index in [2.05, 4.69) is 76.9 Å². The Balaban J connectivity index is 1.34. The lowest BCUT2D eigenvalue weighted by atomic mass is 10.2. The molecule has 1 aliphatic heterocycles. The normalized spacial score (nSPS) is 15.7. The molecule has 0 atom stereocenters. The van der Waals surface area contributed by atoms with E-state index in [4.69, 9.17) is 9.72 Å². The van der Waals surface area contributed by atoms with Gasteiger partial charge in [0.15, 0.2) is 0 Å². The van der Waals surface area contributed by atoms with E-state index in [-0.39, 0.29) is 0 Å². The lowest BCUT2D eigenvalue weighted by Gasteiger charge is -2.32. The van der Waals surface area contributed by atoms with Crippen molar-refractivity contribution in [1.82, 2.24) is 19.4 Å². The first-order valence-corrected chi connectivity index (χ1v) is 11.3.